The average Bonchev–Trinajstić information content (AvgIpc) is 3.89. The topological polar surface area (TPSA) is 111 Å². The molecule has 10 nitrogen and oxygen atoms in total. The van der Waals surface area contributed by atoms with Crippen LogP contribution in [0.3, 0.4) is 0 Å². The van der Waals surface area contributed by atoms with E-state index >= 15 is 0 Å². The number of para-hydroxylation sites is 2. The van der Waals surface area contributed by atoms with Gasteiger partial charge in [-0.25, -0.2) is 5.01 Å². The van der Waals surface area contributed by atoms with E-state index < -0.39 is 0 Å². The molecule has 0 aliphatic carbocycles. The zero-order valence-electron chi connectivity index (χ0n) is 23.9. The molecule has 0 spiro atoms. The number of nitrogens with zero attached hydrogens (tertiary/aromatic N) is 5. The first-order chi connectivity index (χ1) is 21.6. The Kier molecular flexibility index (Phi) is 9.05. The van der Waals surface area contributed by atoms with Gasteiger partial charge in [0.2, 0.25) is 0 Å². The van der Waals surface area contributed by atoms with E-state index in [2.05, 4.69) is 15.5 Å². The van der Waals surface area contributed by atoms with Crippen molar-refractivity contribution in [1.82, 2.24) is 25.1 Å². The Morgan fingerprint density at radius 2 is 1.77 bits per heavy atom. The maximum Gasteiger partial charge on any atom is 0.261 e. The number of thiophene rings is 2. The normalized spacial score (nSPS) is 14.4. The van der Waals surface area contributed by atoms with E-state index in [0.717, 1.165) is 21.8 Å². The molecule has 1 aliphatic heterocycles. The number of rotatable bonds is 11. The molecule has 1 atom stereocenters. The maximum absolute atomic E-state index is 13.9. The number of carbonyl (C=O) groups excluding carboxylic acids is 2. The van der Waals surface area contributed by atoms with Crippen LogP contribution in [0.5, 0.6) is 11.5 Å². The molecule has 0 saturated carbocycles. The number of hydrogen-bond acceptors (Lipinski definition) is 10. The van der Waals surface area contributed by atoms with Gasteiger partial charge in [-0.15, -0.1) is 32.9 Å². The molecule has 0 bridgehead atoms. The summed E-state index contributed by atoms with van der Waals surface area (Å²) in [6.07, 6.45) is 0.536. The van der Waals surface area contributed by atoms with Crippen molar-refractivity contribution in [3.05, 3.63) is 105 Å². The van der Waals surface area contributed by atoms with E-state index in [1.807, 2.05) is 82.1 Å². The number of methoxy groups -OCH3 is 2. The molecule has 5 aromatic rings. The van der Waals surface area contributed by atoms with Crippen LogP contribution >= 0.6 is 34.4 Å². The van der Waals surface area contributed by atoms with E-state index in [4.69, 9.17) is 14.6 Å². The lowest BCUT2D eigenvalue weighted by Crippen LogP contribution is -2.29. The highest BCUT2D eigenvalue weighted by Crippen LogP contribution is 2.42. The van der Waals surface area contributed by atoms with E-state index in [1.54, 1.807) is 36.6 Å². The molecule has 6 rings (SSSR count). The molecule has 0 saturated heterocycles. The number of benzene rings is 2. The second-order valence-electron chi connectivity index (χ2n) is 9.58. The lowest BCUT2D eigenvalue weighted by molar-refractivity contribution is -0.130. The highest BCUT2D eigenvalue weighted by Gasteiger charge is 2.36. The van der Waals surface area contributed by atoms with Crippen molar-refractivity contribution >= 4 is 52.0 Å². The van der Waals surface area contributed by atoms with Crippen LogP contribution in [-0.4, -0.2) is 57.3 Å². The number of thioether (sulfide) groups is 1. The molecule has 0 unspecified atom stereocenters. The SMILES string of the molecule is COc1cccc([C@H]2CC(c3cccs3)=NN2C(=O)CSc2nnc(CNC(=O)c3cccs3)n2-c2ccccc2)c1OC. The fraction of sp³-hybridized carbons (Fsp3) is 0.194. The largest absolute Gasteiger partial charge is 0.493 e. The van der Waals surface area contributed by atoms with Crippen LogP contribution < -0.4 is 14.8 Å². The Labute approximate surface area is 266 Å². The Bertz CT molecular complexity index is 1770. The Hall–Kier alpha value is -4.46. The summed E-state index contributed by atoms with van der Waals surface area (Å²) in [5.41, 5.74) is 2.48. The van der Waals surface area contributed by atoms with Crippen molar-refractivity contribution in [2.24, 2.45) is 5.10 Å². The summed E-state index contributed by atoms with van der Waals surface area (Å²) < 4.78 is 13.1. The van der Waals surface area contributed by atoms with Gasteiger partial charge < -0.3 is 14.8 Å². The summed E-state index contributed by atoms with van der Waals surface area (Å²) in [7, 11) is 3.18. The van der Waals surface area contributed by atoms with Crippen LogP contribution in [0.2, 0.25) is 0 Å². The highest BCUT2D eigenvalue weighted by molar-refractivity contribution is 7.99. The molecule has 44 heavy (non-hydrogen) atoms. The number of amides is 2. The fourth-order valence-electron chi connectivity index (χ4n) is 4.94. The second kappa shape index (κ2) is 13.5. The van der Waals surface area contributed by atoms with Crippen LogP contribution in [0.1, 0.15) is 38.4 Å². The van der Waals surface area contributed by atoms with Crippen LogP contribution in [0.25, 0.3) is 5.69 Å². The van der Waals surface area contributed by atoms with Crippen molar-refractivity contribution in [2.75, 3.05) is 20.0 Å². The van der Waals surface area contributed by atoms with E-state index in [9.17, 15) is 9.59 Å². The number of carbonyl (C=O) groups is 2. The first kappa shape index (κ1) is 29.6. The monoisotopic (exact) mass is 644 g/mol. The molecular formula is C31H28N6O4S3. The smallest absolute Gasteiger partial charge is 0.261 e. The van der Waals surface area contributed by atoms with Gasteiger partial charge in [-0.1, -0.05) is 54.2 Å². The third-order valence-electron chi connectivity index (χ3n) is 6.96. The molecule has 2 aromatic carbocycles. The van der Waals surface area contributed by atoms with Crippen LogP contribution in [0, 0.1) is 0 Å². The molecule has 0 radical (unpaired) electrons. The molecule has 0 fully saturated rings. The van der Waals surface area contributed by atoms with Crippen LogP contribution in [0.4, 0.5) is 0 Å². The van der Waals surface area contributed by atoms with Gasteiger partial charge >= 0.3 is 0 Å². The second-order valence-corrected chi connectivity index (χ2v) is 12.4. The standard InChI is InChI=1S/C31H28N6O4S3/c1-40-24-12-6-11-21(29(24)41-2)23-17-22(25-13-7-15-42-25)35-37(23)28(38)19-44-31-34-33-27(36(31)20-9-4-3-5-10-20)18-32-30(39)26-14-8-16-43-26/h3-16,23H,17-19H2,1-2H3,(H,32,39)/t23-/m1/s1. The molecule has 3 aromatic heterocycles. The molecule has 2 amide bonds. The van der Waals surface area contributed by atoms with Crippen molar-refractivity contribution in [3.63, 3.8) is 0 Å². The summed E-state index contributed by atoms with van der Waals surface area (Å²) in [5.74, 6) is 1.41. The van der Waals surface area contributed by atoms with Crippen molar-refractivity contribution in [2.45, 2.75) is 24.2 Å². The van der Waals surface area contributed by atoms with Gasteiger partial charge in [0.05, 0.1) is 48.0 Å². The average molecular weight is 645 g/mol. The van der Waals surface area contributed by atoms with Gasteiger partial charge in [-0.2, -0.15) is 5.10 Å². The molecular weight excluding hydrogens is 617 g/mol. The zero-order chi connectivity index (χ0) is 30.5. The quantitative estimate of drug-likeness (QED) is 0.181. The third kappa shape index (κ3) is 6.11. The fourth-order valence-corrected chi connectivity index (χ4v) is 7.12. The summed E-state index contributed by atoms with van der Waals surface area (Å²) in [5, 5.41) is 22.4. The minimum atomic E-state index is -0.375. The van der Waals surface area contributed by atoms with Crippen LogP contribution in [0.15, 0.2) is 93.8 Å². The minimum Gasteiger partial charge on any atom is -0.493 e. The number of aromatic nitrogens is 3. The summed E-state index contributed by atoms with van der Waals surface area (Å²) in [4.78, 5) is 28.1. The molecule has 13 heteroatoms. The van der Waals surface area contributed by atoms with Gasteiger partial charge in [0.15, 0.2) is 22.5 Å². The van der Waals surface area contributed by atoms with Gasteiger partial charge in [0.1, 0.15) is 0 Å². The minimum absolute atomic E-state index is 0.0660. The Balaban J connectivity index is 1.26. The van der Waals surface area contributed by atoms with Gasteiger partial charge in [-0.05, 0) is 41.1 Å². The predicted octanol–water partition coefficient (Wildman–Crippen LogP) is 5.81. The van der Waals surface area contributed by atoms with Gasteiger partial charge in [0.25, 0.3) is 11.8 Å². The number of hydrazone groups is 1. The van der Waals surface area contributed by atoms with Gasteiger partial charge in [-0.3, -0.25) is 14.2 Å². The number of ether oxygens (including phenoxy) is 2. The molecule has 4 heterocycles. The maximum atomic E-state index is 13.9. The van der Waals surface area contributed by atoms with Crippen LogP contribution in [-0.2, 0) is 11.3 Å². The molecule has 224 valence electrons. The highest BCUT2D eigenvalue weighted by atomic mass is 32.2. The predicted molar refractivity (Wildman–Crippen MR) is 172 cm³/mol. The van der Waals surface area contributed by atoms with Crippen molar-refractivity contribution in [1.29, 1.82) is 0 Å². The summed E-state index contributed by atoms with van der Waals surface area (Å²) in [6, 6.07) is 22.5. The lowest BCUT2D eigenvalue weighted by atomic mass is 9.99. The van der Waals surface area contributed by atoms with E-state index in [-0.39, 0.29) is 30.2 Å². The Morgan fingerprint density at radius 1 is 0.955 bits per heavy atom. The third-order valence-corrected chi connectivity index (χ3v) is 9.66. The number of nitrogens with one attached hydrogen (secondary N) is 1. The first-order valence-electron chi connectivity index (χ1n) is 13.7. The summed E-state index contributed by atoms with van der Waals surface area (Å²) >= 11 is 4.23. The number of hydrogen-bond donors (Lipinski definition) is 1. The van der Waals surface area contributed by atoms with Crippen molar-refractivity contribution in [3.8, 4) is 17.2 Å². The molecule has 1 N–H and O–H groups in total. The summed E-state index contributed by atoms with van der Waals surface area (Å²) in [6.45, 7) is 0.172. The zero-order valence-corrected chi connectivity index (χ0v) is 26.3. The van der Waals surface area contributed by atoms with E-state index in [0.29, 0.717) is 33.8 Å². The lowest BCUT2D eigenvalue weighted by Gasteiger charge is -2.24. The molecule has 1 aliphatic rings. The van der Waals surface area contributed by atoms with Gasteiger partial charge in [0, 0.05) is 17.7 Å². The van der Waals surface area contributed by atoms with Crippen molar-refractivity contribution < 1.29 is 19.1 Å². The first-order valence-corrected chi connectivity index (χ1v) is 16.4. The Morgan fingerprint density at radius 3 is 2.50 bits per heavy atom. The van der Waals surface area contributed by atoms with E-state index in [1.165, 1.54) is 23.1 Å².